The molecule has 0 heterocycles. The first kappa shape index (κ1) is 9.10. The normalized spacial score (nSPS) is 9.00. The lowest BCUT2D eigenvalue weighted by molar-refractivity contribution is -0.124. The maximum Gasteiger partial charge on any atom is 0.222 e. The average molecular weight is 145 g/mol. The van der Waals surface area contributed by atoms with Gasteiger partial charge in [-0.25, -0.2) is 0 Å². The minimum absolute atomic E-state index is 0.0544. The van der Waals surface area contributed by atoms with E-state index in [4.69, 9.17) is 5.11 Å². The first-order valence-electron chi connectivity index (χ1n) is 3.04. The second kappa shape index (κ2) is 4.93. The van der Waals surface area contributed by atoms with Crippen LogP contribution in [0.25, 0.3) is 0 Å². The minimum Gasteiger partial charge on any atom is -0.396 e. The molecule has 0 spiro atoms. The molecule has 0 aromatic rings. The van der Waals surface area contributed by atoms with E-state index in [0.29, 0.717) is 0 Å². The predicted octanol–water partition coefficient (Wildman–Crippen LogP) is -0.926. The second-order valence-corrected chi connectivity index (χ2v) is 1.95. The molecule has 0 saturated carbocycles. The zero-order valence-electron chi connectivity index (χ0n) is 5.89. The topological polar surface area (TPSA) is 66.4 Å². The number of carbonyl (C=O) groups excluding carboxylic acids is 2. The zero-order valence-corrected chi connectivity index (χ0v) is 5.89. The molecule has 10 heavy (non-hydrogen) atoms. The van der Waals surface area contributed by atoms with Gasteiger partial charge in [-0.3, -0.25) is 9.59 Å². The Balaban J connectivity index is 3.30. The van der Waals surface area contributed by atoms with Crippen molar-refractivity contribution in [2.75, 3.05) is 13.2 Å². The second-order valence-electron chi connectivity index (χ2n) is 1.95. The summed E-state index contributed by atoms with van der Waals surface area (Å²) in [6.07, 6.45) is 0.0628. The van der Waals surface area contributed by atoms with E-state index in [-0.39, 0.29) is 31.3 Å². The molecule has 0 aliphatic rings. The molecule has 0 rings (SSSR count). The van der Waals surface area contributed by atoms with Gasteiger partial charge in [-0.2, -0.15) is 0 Å². The van der Waals surface area contributed by atoms with E-state index < -0.39 is 0 Å². The number of aliphatic hydroxyl groups is 1. The largest absolute Gasteiger partial charge is 0.396 e. The lowest BCUT2D eigenvalue weighted by atomic mass is 10.4. The van der Waals surface area contributed by atoms with E-state index >= 15 is 0 Å². The Labute approximate surface area is 59.2 Å². The van der Waals surface area contributed by atoms with Crippen molar-refractivity contribution >= 4 is 11.7 Å². The summed E-state index contributed by atoms with van der Waals surface area (Å²) >= 11 is 0. The molecule has 0 aliphatic carbocycles. The minimum atomic E-state index is -0.294. The van der Waals surface area contributed by atoms with Gasteiger partial charge in [0.25, 0.3) is 0 Å². The van der Waals surface area contributed by atoms with E-state index in [9.17, 15) is 9.59 Å². The number of hydrogen-bond acceptors (Lipinski definition) is 3. The van der Waals surface area contributed by atoms with Crippen LogP contribution < -0.4 is 5.32 Å². The van der Waals surface area contributed by atoms with E-state index in [2.05, 4.69) is 5.32 Å². The average Bonchev–Trinajstić information content (AvgIpc) is 1.85. The number of rotatable bonds is 4. The third kappa shape index (κ3) is 5.24. The monoisotopic (exact) mass is 145 g/mol. The van der Waals surface area contributed by atoms with Gasteiger partial charge in [0.1, 0.15) is 5.78 Å². The van der Waals surface area contributed by atoms with E-state index in [0.717, 1.165) is 0 Å². The molecule has 0 radical (unpaired) electrons. The molecule has 0 aliphatic heterocycles. The van der Waals surface area contributed by atoms with Crippen molar-refractivity contribution in [3.05, 3.63) is 0 Å². The Morgan fingerprint density at radius 1 is 1.50 bits per heavy atom. The summed E-state index contributed by atoms with van der Waals surface area (Å²) in [5, 5.41) is 10.6. The molecule has 0 saturated heterocycles. The summed E-state index contributed by atoms with van der Waals surface area (Å²) < 4.78 is 0. The number of ketones is 1. The van der Waals surface area contributed by atoms with Gasteiger partial charge in [0, 0.05) is 6.42 Å². The van der Waals surface area contributed by atoms with Crippen molar-refractivity contribution in [2.24, 2.45) is 0 Å². The highest BCUT2D eigenvalue weighted by Crippen LogP contribution is 1.75. The lowest BCUT2D eigenvalue weighted by Gasteiger charge is -1.98. The third-order valence-electron chi connectivity index (χ3n) is 0.873. The van der Waals surface area contributed by atoms with Crippen LogP contribution in [0.3, 0.4) is 0 Å². The summed E-state index contributed by atoms with van der Waals surface area (Å²) in [5.41, 5.74) is 0. The molecule has 0 atom stereocenters. The van der Waals surface area contributed by atoms with Gasteiger partial charge in [-0.05, 0) is 6.92 Å². The van der Waals surface area contributed by atoms with Crippen molar-refractivity contribution in [2.45, 2.75) is 13.3 Å². The SMILES string of the molecule is CC(=O)CNC(=O)CCO. The van der Waals surface area contributed by atoms with Crippen LogP contribution in [0.15, 0.2) is 0 Å². The Kier molecular flexibility index (Phi) is 4.49. The maximum atomic E-state index is 10.5. The van der Waals surface area contributed by atoms with E-state index in [1.165, 1.54) is 6.92 Å². The van der Waals surface area contributed by atoms with Crippen LogP contribution in [0.4, 0.5) is 0 Å². The van der Waals surface area contributed by atoms with Crippen molar-refractivity contribution in [3.8, 4) is 0 Å². The van der Waals surface area contributed by atoms with Crippen LogP contribution in [0, 0.1) is 0 Å². The smallest absolute Gasteiger partial charge is 0.222 e. The van der Waals surface area contributed by atoms with E-state index in [1.807, 2.05) is 0 Å². The first-order chi connectivity index (χ1) is 4.66. The Morgan fingerprint density at radius 2 is 2.10 bits per heavy atom. The standard InChI is InChI=1S/C6H11NO3/c1-5(9)4-7-6(10)2-3-8/h8H,2-4H2,1H3,(H,7,10). The van der Waals surface area contributed by atoms with Gasteiger partial charge in [0.15, 0.2) is 0 Å². The molecular formula is C6H11NO3. The fraction of sp³-hybridized carbons (Fsp3) is 0.667. The van der Waals surface area contributed by atoms with Crippen LogP contribution in [0.1, 0.15) is 13.3 Å². The highest BCUT2D eigenvalue weighted by molar-refractivity contribution is 5.84. The van der Waals surface area contributed by atoms with Gasteiger partial charge in [-0.1, -0.05) is 0 Å². The highest BCUT2D eigenvalue weighted by Gasteiger charge is 1.99. The molecule has 0 aromatic carbocycles. The molecule has 0 aromatic heterocycles. The number of aliphatic hydroxyl groups excluding tert-OH is 1. The molecule has 1 amide bonds. The fourth-order valence-corrected chi connectivity index (χ4v) is 0.413. The molecule has 0 bridgehead atoms. The van der Waals surface area contributed by atoms with Gasteiger partial charge in [0.05, 0.1) is 13.2 Å². The van der Waals surface area contributed by atoms with Crippen molar-refractivity contribution in [1.29, 1.82) is 0 Å². The summed E-state index contributed by atoms with van der Waals surface area (Å²) in [5.74, 6) is -0.385. The summed E-state index contributed by atoms with van der Waals surface area (Å²) in [6.45, 7) is 1.27. The van der Waals surface area contributed by atoms with Gasteiger partial charge in [0.2, 0.25) is 5.91 Å². The number of nitrogens with one attached hydrogen (secondary N) is 1. The molecule has 0 unspecified atom stereocenters. The Morgan fingerprint density at radius 3 is 2.50 bits per heavy atom. The van der Waals surface area contributed by atoms with E-state index in [1.54, 1.807) is 0 Å². The number of amides is 1. The maximum absolute atomic E-state index is 10.5. The van der Waals surface area contributed by atoms with Crippen molar-refractivity contribution in [3.63, 3.8) is 0 Å². The van der Waals surface area contributed by atoms with Gasteiger partial charge in [-0.15, -0.1) is 0 Å². The van der Waals surface area contributed by atoms with Crippen molar-refractivity contribution < 1.29 is 14.7 Å². The molecule has 58 valence electrons. The number of Topliss-reactive ketones (excluding diaryl/α,β-unsaturated/α-hetero) is 1. The summed E-state index contributed by atoms with van der Waals surface area (Å²) in [4.78, 5) is 20.8. The zero-order chi connectivity index (χ0) is 7.98. The van der Waals surface area contributed by atoms with Crippen LogP contribution in [0.5, 0.6) is 0 Å². The molecule has 4 nitrogen and oxygen atoms in total. The summed E-state index contributed by atoms with van der Waals surface area (Å²) in [6, 6.07) is 0. The molecule has 0 fully saturated rings. The molecule has 4 heteroatoms. The Hall–Kier alpha value is -0.900. The van der Waals surface area contributed by atoms with Gasteiger partial charge < -0.3 is 10.4 Å². The number of hydrogen-bond donors (Lipinski definition) is 2. The van der Waals surface area contributed by atoms with Crippen LogP contribution in [-0.2, 0) is 9.59 Å². The highest BCUT2D eigenvalue weighted by atomic mass is 16.3. The summed E-state index contributed by atoms with van der Waals surface area (Å²) in [7, 11) is 0. The van der Waals surface area contributed by atoms with Crippen LogP contribution in [-0.4, -0.2) is 29.9 Å². The fourth-order valence-electron chi connectivity index (χ4n) is 0.413. The lowest BCUT2D eigenvalue weighted by Crippen LogP contribution is -2.28. The van der Waals surface area contributed by atoms with Crippen molar-refractivity contribution in [1.82, 2.24) is 5.32 Å². The predicted molar refractivity (Wildman–Crippen MR) is 35.4 cm³/mol. The Bertz CT molecular complexity index is 133. The first-order valence-corrected chi connectivity index (χ1v) is 3.04. The quantitative estimate of drug-likeness (QED) is 0.537. The third-order valence-corrected chi connectivity index (χ3v) is 0.873. The van der Waals surface area contributed by atoms with Crippen LogP contribution >= 0.6 is 0 Å². The molecular weight excluding hydrogens is 134 g/mol. The molecule has 2 N–H and O–H groups in total. The number of carbonyl (C=O) groups is 2. The van der Waals surface area contributed by atoms with Gasteiger partial charge >= 0.3 is 0 Å². The van der Waals surface area contributed by atoms with Crippen LogP contribution in [0.2, 0.25) is 0 Å².